The Morgan fingerprint density at radius 3 is 2.26 bits per heavy atom. The molecule has 2 N–H and O–H groups in total. The summed E-state index contributed by atoms with van der Waals surface area (Å²) in [6.07, 6.45) is 1.49. The molecule has 0 atom stereocenters. The van der Waals surface area contributed by atoms with E-state index in [2.05, 4.69) is 0 Å². The predicted molar refractivity (Wildman–Crippen MR) is 65.6 cm³/mol. The number of aromatic carboxylic acids is 2. The first-order valence-corrected chi connectivity index (χ1v) is 5.75. The third kappa shape index (κ3) is 3.54. The van der Waals surface area contributed by atoms with Gasteiger partial charge in [0.25, 0.3) is 0 Å². The SMILES string of the molecule is CCCCOC(=O)c1cccc(C(=O)O)c1C(=O)O. The molecule has 0 heterocycles. The van der Waals surface area contributed by atoms with E-state index in [0.717, 1.165) is 12.5 Å². The van der Waals surface area contributed by atoms with Crippen molar-refractivity contribution in [2.45, 2.75) is 19.8 Å². The second kappa shape index (κ2) is 6.53. The monoisotopic (exact) mass is 266 g/mol. The van der Waals surface area contributed by atoms with Gasteiger partial charge in [-0.05, 0) is 18.6 Å². The Morgan fingerprint density at radius 1 is 1.11 bits per heavy atom. The fourth-order valence-corrected chi connectivity index (χ4v) is 1.52. The van der Waals surface area contributed by atoms with Crippen LogP contribution in [0.15, 0.2) is 18.2 Å². The van der Waals surface area contributed by atoms with Crippen molar-refractivity contribution >= 4 is 17.9 Å². The van der Waals surface area contributed by atoms with Gasteiger partial charge in [0, 0.05) is 0 Å². The summed E-state index contributed by atoms with van der Waals surface area (Å²) < 4.78 is 4.90. The Hall–Kier alpha value is -2.37. The average molecular weight is 266 g/mol. The molecule has 1 aromatic carbocycles. The minimum absolute atomic E-state index is 0.172. The van der Waals surface area contributed by atoms with E-state index in [1.54, 1.807) is 0 Å². The topological polar surface area (TPSA) is 101 Å². The summed E-state index contributed by atoms with van der Waals surface area (Å²) in [5.41, 5.74) is -1.22. The van der Waals surface area contributed by atoms with E-state index in [1.807, 2.05) is 6.92 Å². The van der Waals surface area contributed by atoms with Crippen LogP contribution in [0.1, 0.15) is 50.8 Å². The Kier molecular flexibility index (Phi) is 5.05. The van der Waals surface area contributed by atoms with E-state index < -0.39 is 29.0 Å². The number of carboxylic acids is 2. The maximum absolute atomic E-state index is 11.7. The summed E-state index contributed by atoms with van der Waals surface area (Å²) in [6, 6.07) is 3.69. The molecule has 0 saturated carbocycles. The summed E-state index contributed by atoms with van der Waals surface area (Å²) in [4.78, 5) is 33.8. The molecule has 1 rings (SSSR count). The Bertz CT molecular complexity index is 506. The zero-order valence-corrected chi connectivity index (χ0v) is 10.4. The zero-order chi connectivity index (χ0) is 14.4. The van der Waals surface area contributed by atoms with Gasteiger partial charge >= 0.3 is 17.9 Å². The van der Waals surface area contributed by atoms with E-state index in [-0.39, 0.29) is 12.2 Å². The standard InChI is InChI=1S/C13H14O6/c1-2-3-7-19-13(18)9-6-4-5-8(11(14)15)10(9)12(16)17/h4-6H,2-3,7H2,1H3,(H,14,15)(H,16,17). The predicted octanol–water partition coefficient (Wildman–Crippen LogP) is 2.04. The second-order valence-corrected chi connectivity index (χ2v) is 3.83. The van der Waals surface area contributed by atoms with Gasteiger partial charge in [0.15, 0.2) is 0 Å². The highest BCUT2D eigenvalue weighted by Crippen LogP contribution is 2.16. The highest BCUT2D eigenvalue weighted by molar-refractivity contribution is 6.09. The van der Waals surface area contributed by atoms with E-state index in [4.69, 9.17) is 14.9 Å². The molecule has 0 saturated heterocycles. The van der Waals surface area contributed by atoms with Crippen molar-refractivity contribution in [1.82, 2.24) is 0 Å². The van der Waals surface area contributed by atoms with Crippen LogP contribution in [-0.2, 0) is 4.74 Å². The molecule has 0 fully saturated rings. The summed E-state index contributed by atoms with van der Waals surface area (Å²) in [7, 11) is 0. The number of hydrogen-bond acceptors (Lipinski definition) is 4. The van der Waals surface area contributed by atoms with Crippen LogP contribution in [0.25, 0.3) is 0 Å². The highest BCUT2D eigenvalue weighted by atomic mass is 16.5. The van der Waals surface area contributed by atoms with E-state index in [1.165, 1.54) is 12.1 Å². The Balaban J connectivity index is 3.13. The number of unbranched alkanes of at least 4 members (excludes halogenated alkanes) is 1. The van der Waals surface area contributed by atoms with Crippen molar-refractivity contribution in [3.63, 3.8) is 0 Å². The van der Waals surface area contributed by atoms with Gasteiger partial charge in [-0.25, -0.2) is 14.4 Å². The van der Waals surface area contributed by atoms with E-state index in [0.29, 0.717) is 6.42 Å². The van der Waals surface area contributed by atoms with Crippen molar-refractivity contribution in [2.24, 2.45) is 0 Å². The van der Waals surface area contributed by atoms with Crippen LogP contribution in [0.3, 0.4) is 0 Å². The maximum atomic E-state index is 11.7. The lowest BCUT2D eigenvalue weighted by Crippen LogP contribution is -2.16. The number of rotatable bonds is 6. The van der Waals surface area contributed by atoms with Crippen LogP contribution < -0.4 is 0 Å². The first-order chi connectivity index (χ1) is 8.99. The van der Waals surface area contributed by atoms with Gasteiger partial charge in [0.1, 0.15) is 0 Å². The Morgan fingerprint density at radius 2 is 1.74 bits per heavy atom. The first kappa shape index (κ1) is 14.7. The van der Waals surface area contributed by atoms with Crippen molar-refractivity contribution in [2.75, 3.05) is 6.61 Å². The van der Waals surface area contributed by atoms with Gasteiger partial charge in [-0.3, -0.25) is 0 Å². The van der Waals surface area contributed by atoms with Gasteiger partial charge in [-0.2, -0.15) is 0 Å². The highest BCUT2D eigenvalue weighted by Gasteiger charge is 2.24. The average Bonchev–Trinajstić information content (AvgIpc) is 2.37. The van der Waals surface area contributed by atoms with E-state index in [9.17, 15) is 14.4 Å². The lowest BCUT2D eigenvalue weighted by Gasteiger charge is -2.08. The molecule has 0 radical (unpaired) electrons. The van der Waals surface area contributed by atoms with Crippen LogP contribution in [0.5, 0.6) is 0 Å². The van der Waals surface area contributed by atoms with Gasteiger partial charge in [-0.15, -0.1) is 0 Å². The molecule has 0 unspecified atom stereocenters. The fraction of sp³-hybridized carbons (Fsp3) is 0.308. The van der Waals surface area contributed by atoms with Gasteiger partial charge in [0.05, 0.1) is 23.3 Å². The second-order valence-electron chi connectivity index (χ2n) is 3.83. The molecule has 0 bridgehead atoms. The minimum atomic E-state index is -1.47. The number of carbonyl (C=O) groups excluding carboxylic acids is 1. The molecule has 19 heavy (non-hydrogen) atoms. The number of benzene rings is 1. The van der Waals surface area contributed by atoms with Gasteiger partial charge < -0.3 is 14.9 Å². The Labute approximate surface area is 109 Å². The molecule has 0 amide bonds. The molecule has 0 aromatic heterocycles. The van der Waals surface area contributed by atoms with Crippen molar-refractivity contribution in [1.29, 1.82) is 0 Å². The molecule has 0 aliphatic heterocycles. The number of ether oxygens (including phenoxy) is 1. The molecule has 102 valence electrons. The largest absolute Gasteiger partial charge is 0.478 e. The summed E-state index contributed by atoms with van der Waals surface area (Å²) in [6.45, 7) is 2.09. The van der Waals surface area contributed by atoms with Crippen LogP contribution >= 0.6 is 0 Å². The van der Waals surface area contributed by atoms with Crippen molar-refractivity contribution < 1.29 is 29.3 Å². The van der Waals surface area contributed by atoms with Crippen LogP contribution in [-0.4, -0.2) is 34.7 Å². The lowest BCUT2D eigenvalue weighted by atomic mass is 10.0. The molecule has 0 aliphatic carbocycles. The number of hydrogen-bond donors (Lipinski definition) is 2. The molecule has 6 heteroatoms. The molecule has 6 nitrogen and oxygen atoms in total. The first-order valence-electron chi connectivity index (χ1n) is 5.75. The molecule has 0 aliphatic rings. The third-order valence-electron chi connectivity index (χ3n) is 2.46. The summed E-state index contributed by atoms with van der Waals surface area (Å²) >= 11 is 0. The maximum Gasteiger partial charge on any atom is 0.339 e. The van der Waals surface area contributed by atoms with Gasteiger partial charge in [-0.1, -0.05) is 19.4 Å². The quantitative estimate of drug-likeness (QED) is 0.603. The van der Waals surface area contributed by atoms with E-state index >= 15 is 0 Å². The fourth-order valence-electron chi connectivity index (χ4n) is 1.52. The normalized spacial score (nSPS) is 9.95. The molecular formula is C13H14O6. The zero-order valence-electron chi connectivity index (χ0n) is 10.4. The lowest BCUT2D eigenvalue weighted by molar-refractivity contribution is 0.0489. The minimum Gasteiger partial charge on any atom is -0.478 e. The van der Waals surface area contributed by atoms with Crippen molar-refractivity contribution in [3.05, 3.63) is 34.9 Å². The third-order valence-corrected chi connectivity index (χ3v) is 2.46. The van der Waals surface area contributed by atoms with Crippen molar-refractivity contribution in [3.8, 4) is 0 Å². The van der Waals surface area contributed by atoms with Crippen LogP contribution in [0, 0.1) is 0 Å². The molecule has 0 spiro atoms. The van der Waals surface area contributed by atoms with Crippen LogP contribution in [0.2, 0.25) is 0 Å². The smallest absolute Gasteiger partial charge is 0.339 e. The molecular weight excluding hydrogens is 252 g/mol. The summed E-state index contributed by atoms with van der Waals surface area (Å²) in [5.74, 6) is -3.70. The van der Waals surface area contributed by atoms with Gasteiger partial charge in [0.2, 0.25) is 0 Å². The number of carboxylic acid groups (broad SMARTS) is 2. The summed E-state index contributed by atoms with van der Waals surface area (Å²) in [5, 5.41) is 18.0. The molecule has 1 aromatic rings. The number of esters is 1. The number of carbonyl (C=O) groups is 3. The van der Waals surface area contributed by atoms with Crippen LogP contribution in [0.4, 0.5) is 0 Å².